The maximum absolute atomic E-state index is 13.1. The zero-order valence-corrected chi connectivity index (χ0v) is 11.3. The van der Waals surface area contributed by atoms with Gasteiger partial charge in [0.2, 0.25) is 0 Å². The van der Waals surface area contributed by atoms with Crippen LogP contribution in [0.5, 0.6) is 0 Å². The van der Waals surface area contributed by atoms with Crippen molar-refractivity contribution in [2.75, 3.05) is 0 Å². The molecule has 0 fully saturated rings. The van der Waals surface area contributed by atoms with Crippen LogP contribution in [0, 0.1) is 5.82 Å². The number of carbonyl (C=O) groups is 3. The summed E-state index contributed by atoms with van der Waals surface area (Å²) in [4.78, 5) is 33.6. The van der Waals surface area contributed by atoms with Gasteiger partial charge in [0, 0.05) is 4.70 Å². The number of fused-ring (bicyclic) bond motifs is 1. The molecule has 0 aliphatic rings. The summed E-state index contributed by atoms with van der Waals surface area (Å²) in [5.74, 6) is -3.91. The molecule has 2 aromatic rings. The summed E-state index contributed by atoms with van der Waals surface area (Å²) >= 11 is 1.000. The van der Waals surface area contributed by atoms with Crippen LogP contribution >= 0.6 is 11.3 Å². The predicted molar refractivity (Wildman–Crippen MR) is 72.9 cm³/mol. The molecule has 0 aliphatic carbocycles. The monoisotopic (exact) mass is 311 g/mol. The van der Waals surface area contributed by atoms with Crippen LogP contribution in [0.4, 0.5) is 4.39 Å². The van der Waals surface area contributed by atoms with Gasteiger partial charge in [0.1, 0.15) is 11.9 Å². The van der Waals surface area contributed by atoms with Gasteiger partial charge in [0.15, 0.2) is 0 Å². The summed E-state index contributed by atoms with van der Waals surface area (Å²) in [7, 11) is 0. The molecule has 110 valence electrons. The number of benzene rings is 1. The first-order chi connectivity index (χ1) is 9.86. The molecule has 1 heterocycles. The first kappa shape index (κ1) is 14.9. The second kappa shape index (κ2) is 5.88. The average molecular weight is 311 g/mol. The Bertz CT molecular complexity index is 726. The number of amides is 1. The molecule has 0 unspecified atom stereocenters. The second-order valence-corrected chi connectivity index (χ2v) is 5.34. The Balaban J connectivity index is 2.20. The molecule has 0 spiro atoms. The van der Waals surface area contributed by atoms with Crippen molar-refractivity contribution in [1.29, 1.82) is 0 Å². The van der Waals surface area contributed by atoms with Gasteiger partial charge >= 0.3 is 11.9 Å². The summed E-state index contributed by atoms with van der Waals surface area (Å²) < 4.78 is 13.6. The molecule has 0 saturated carbocycles. The van der Waals surface area contributed by atoms with Crippen LogP contribution in [-0.2, 0) is 9.59 Å². The van der Waals surface area contributed by atoms with E-state index in [0.29, 0.717) is 10.1 Å². The molecular weight excluding hydrogens is 301 g/mol. The third-order valence-electron chi connectivity index (χ3n) is 2.69. The average Bonchev–Trinajstić information content (AvgIpc) is 2.80. The van der Waals surface area contributed by atoms with E-state index in [1.54, 1.807) is 0 Å². The van der Waals surface area contributed by atoms with Gasteiger partial charge in [-0.1, -0.05) is 6.07 Å². The number of halogens is 1. The lowest BCUT2D eigenvalue weighted by Gasteiger charge is -2.11. The fourth-order valence-corrected chi connectivity index (χ4v) is 2.71. The van der Waals surface area contributed by atoms with Gasteiger partial charge in [-0.3, -0.25) is 9.59 Å². The van der Waals surface area contributed by atoms with Gasteiger partial charge in [0.05, 0.1) is 11.3 Å². The highest BCUT2D eigenvalue weighted by atomic mass is 32.1. The van der Waals surface area contributed by atoms with Crippen LogP contribution in [0.2, 0.25) is 0 Å². The minimum atomic E-state index is -1.52. The summed E-state index contributed by atoms with van der Waals surface area (Å²) in [5.41, 5.74) is 0. The van der Waals surface area contributed by atoms with Gasteiger partial charge in [0.25, 0.3) is 5.91 Å². The highest BCUT2D eigenvalue weighted by Crippen LogP contribution is 2.26. The molecule has 1 aromatic carbocycles. The summed E-state index contributed by atoms with van der Waals surface area (Å²) in [5, 5.41) is 20.3. The number of thiophene rings is 1. The Kier molecular flexibility index (Phi) is 4.18. The van der Waals surface area contributed by atoms with Crippen molar-refractivity contribution in [3.63, 3.8) is 0 Å². The number of carbonyl (C=O) groups excluding carboxylic acids is 1. The quantitative estimate of drug-likeness (QED) is 0.779. The SMILES string of the molecule is O=C(O)C[C@H](NC(=O)c1cc2ccc(F)cc2s1)C(=O)O. The normalized spacial score (nSPS) is 12.0. The van der Waals surface area contributed by atoms with Crippen molar-refractivity contribution >= 4 is 39.3 Å². The van der Waals surface area contributed by atoms with E-state index in [4.69, 9.17) is 10.2 Å². The van der Waals surface area contributed by atoms with E-state index in [0.717, 1.165) is 11.3 Å². The first-order valence-corrected chi connectivity index (χ1v) is 6.63. The maximum atomic E-state index is 13.1. The Hall–Kier alpha value is -2.48. The first-order valence-electron chi connectivity index (χ1n) is 5.81. The van der Waals surface area contributed by atoms with E-state index in [2.05, 4.69) is 5.32 Å². The lowest BCUT2D eigenvalue weighted by molar-refractivity contribution is -0.145. The van der Waals surface area contributed by atoms with Crippen molar-refractivity contribution in [2.24, 2.45) is 0 Å². The van der Waals surface area contributed by atoms with E-state index >= 15 is 0 Å². The van der Waals surface area contributed by atoms with Crippen LogP contribution in [-0.4, -0.2) is 34.1 Å². The van der Waals surface area contributed by atoms with E-state index in [1.165, 1.54) is 24.3 Å². The zero-order chi connectivity index (χ0) is 15.6. The fourth-order valence-electron chi connectivity index (χ4n) is 1.72. The Morgan fingerprint density at radius 2 is 1.95 bits per heavy atom. The minimum Gasteiger partial charge on any atom is -0.481 e. The molecule has 2 rings (SSSR count). The van der Waals surface area contributed by atoms with E-state index < -0.39 is 36.1 Å². The van der Waals surface area contributed by atoms with E-state index in [-0.39, 0.29) is 4.88 Å². The lowest BCUT2D eigenvalue weighted by atomic mass is 10.2. The van der Waals surface area contributed by atoms with Crippen LogP contribution in [0.1, 0.15) is 16.1 Å². The number of aliphatic carboxylic acids is 2. The van der Waals surface area contributed by atoms with Crippen molar-refractivity contribution in [1.82, 2.24) is 5.32 Å². The number of nitrogens with one attached hydrogen (secondary N) is 1. The maximum Gasteiger partial charge on any atom is 0.326 e. The number of hydrogen-bond donors (Lipinski definition) is 3. The molecule has 0 saturated heterocycles. The smallest absolute Gasteiger partial charge is 0.326 e. The van der Waals surface area contributed by atoms with Crippen LogP contribution < -0.4 is 5.32 Å². The third-order valence-corrected chi connectivity index (χ3v) is 3.78. The van der Waals surface area contributed by atoms with Crippen molar-refractivity contribution < 1.29 is 29.0 Å². The molecule has 0 bridgehead atoms. The largest absolute Gasteiger partial charge is 0.481 e. The summed E-state index contributed by atoms with van der Waals surface area (Å²) in [6, 6.07) is 4.00. The molecule has 1 atom stereocenters. The van der Waals surface area contributed by atoms with Gasteiger partial charge in [-0.2, -0.15) is 0 Å². The molecular formula is C13H10FNO5S. The summed E-state index contributed by atoms with van der Waals surface area (Å²) in [6.45, 7) is 0. The van der Waals surface area contributed by atoms with Crippen LogP contribution in [0.25, 0.3) is 10.1 Å². The summed E-state index contributed by atoms with van der Waals surface area (Å²) in [6.07, 6.45) is -0.722. The minimum absolute atomic E-state index is 0.187. The number of rotatable bonds is 5. The van der Waals surface area contributed by atoms with Gasteiger partial charge < -0.3 is 15.5 Å². The van der Waals surface area contributed by atoms with Gasteiger partial charge in [-0.05, 0) is 23.6 Å². The highest BCUT2D eigenvalue weighted by Gasteiger charge is 2.24. The zero-order valence-electron chi connectivity index (χ0n) is 10.5. The van der Waals surface area contributed by atoms with E-state index in [1.807, 2.05) is 0 Å². The van der Waals surface area contributed by atoms with Gasteiger partial charge in [-0.15, -0.1) is 11.3 Å². The molecule has 6 nitrogen and oxygen atoms in total. The van der Waals surface area contributed by atoms with Crippen molar-refractivity contribution in [3.05, 3.63) is 35.0 Å². The molecule has 8 heteroatoms. The Morgan fingerprint density at radius 1 is 1.24 bits per heavy atom. The lowest BCUT2D eigenvalue weighted by Crippen LogP contribution is -2.41. The molecule has 3 N–H and O–H groups in total. The number of hydrogen-bond acceptors (Lipinski definition) is 4. The van der Waals surface area contributed by atoms with Crippen molar-refractivity contribution in [3.8, 4) is 0 Å². The van der Waals surface area contributed by atoms with Crippen LogP contribution in [0.15, 0.2) is 24.3 Å². The second-order valence-electron chi connectivity index (χ2n) is 4.25. The standard InChI is InChI=1S/C13H10FNO5S/c14-7-2-1-6-3-10(21-9(6)4-7)12(18)15-8(13(19)20)5-11(16)17/h1-4,8H,5H2,(H,15,18)(H,16,17)(H,19,20)/t8-/m0/s1. The van der Waals surface area contributed by atoms with Crippen LogP contribution in [0.3, 0.4) is 0 Å². The molecule has 1 amide bonds. The highest BCUT2D eigenvalue weighted by molar-refractivity contribution is 7.20. The number of carboxylic acid groups (broad SMARTS) is 2. The Morgan fingerprint density at radius 3 is 2.57 bits per heavy atom. The topological polar surface area (TPSA) is 104 Å². The van der Waals surface area contributed by atoms with Crippen molar-refractivity contribution in [2.45, 2.75) is 12.5 Å². The molecule has 0 aliphatic heterocycles. The third kappa shape index (κ3) is 3.54. The molecule has 21 heavy (non-hydrogen) atoms. The predicted octanol–water partition coefficient (Wildman–Crippen LogP) is 1.70. The fraction of sp³-hybridized carbons (Fsp3) is 0.154. The van der Waals surface area contributed by atoms with Gasteiger partial charge in [-0.25, -0.2) is 9.18 Å². The Labute approximate surface area is 121 Å². The van der Waals surface area contributed by atoms with E-state index in [9.17, 15) is 18.8 Å². The molecule has 0 radical (unpaired) electrons. The molecule has 1 aromatic heterocycles. The number of carboxylic acids is 2.